The van der Waals surface area contributed by atoms with Crippen molar-refractivity contribution in [3.63, 3.8) is 0 Å². The van der Waals surface area contributed by atoms with Gasteiger partial charge in [0.1, 0.15) is 0 Å². The molecule has 0 radical (unpaired) electrons. The maximum Gasteiger partial charge on any atom is 0.0558 e. The molecule has 0 aromatic carbocycles. The number of aliphatic imine (C=N–C) groups is 2. The van der Waals surface area contributed by atoms with E-state index in [-0.39, 0.29) is 0 Å². The minimum absolute atomic E-state index is 0.576. The normalized spacial score (nSPS) is 34.2. The first-order chi connectivity index (χ1) is 5.90. The van der Waals surface area contributed by atoms with Crippen LogP contribution < -0.4 is 0 Å². The molecule has 0 saturated carbocycles. The molecule has 0 spiro atoms. The maximum atomic E-state index is 4.49. The van der Waals surface area contributed by atoms with Gasteiger partial charge in [-0.15, -0.1) is 0 Å². The molecule has 0 amide bonds. The highest BCUT2D eigenvalue weighted by molar-refractivity contribution is 6.32. The Morgan fingerprint density at radius 2 is 2.50 bits per heavy atom. The first kappa shape index (κ1) is 7.96. The third kappa shape index (κ3) is 1.43. The number of nitrogens with zero attached hydrogens (tertiary/aromatic N) is 2. The van der Waals surface area contributed by atoms with Gasteiger partial charge < -0.3 is 0 Å². The molecule has 0 aromatic heterocycles. The lowest BCUT2D eigenvalue weighted by Crippen LogP contribution is -2.29. The van der Waals surface area contributed by atoms with E-state index in [1.54, 1.807) is 0 Å². The van der Waals surface area contributed by atoms with Crippen molar-refractivity contribution in [3.8, 4) is 0 Å². The molecule has 66 valence electrons. The zero-order valence-corrected chi connectivity index (χ0v) is 7.66. The molecule has 2 heterocycles. The first-order valence-corrected chi connectivity index (χ1v) is 4.97. The Hall–Kier alpha value is -0.660. The van der Waals surface area contributed by atoms with Crippen LogP contribution in [0.5, 0.6) is 0 Å². The van der Waals surface area contributed by atoms with Gasteiger partial charge in [-0.2, -0.15) is 0 Å². The Morgan fingerprint density at radius 1 is 1.58 bits per heavy atom. The lowest BCUT2D eigenvalue weighted by Gasteiger charge is -2.27. The smallest absolute Gasteiger partial charge is 0.0558 e. The quantitative estimate of drug-likeness (QED) is 0.567. The van der Waals surface area contributed by atoms with E-state index in [1.165, 1.54) is 31.4 Å². The second-order valence-corrected chi connectivity index (χ2v) is 3.72. The van der Waals surface area contributed by atoms with Gasteiger partial charge in [0.25, 0.3) is 0 Å². The molecule has 2 aliphatic heterocycles. The summed E-state index contributed by atoms with van der Waals surface area (Å²) in [6.07, 6.45) is 7.05. The number of hydrogen-bond donors (Lipinski definition) is 0. The predicted octanol–water partition coefficient (Wildman–Crippen LogP) is 2.09. The van der Waals surface area contributed by atoms with Crippen molar-refractivity contribution in [2.24, 2.45) is 15.9 Å². The highest BCUT2D eigenvalue weighted by atomic mass is 14.9. The Kier molecular flexibility index (Phi) is 2.24. The van der Waals surface area contributed by atoms with Crippen LogP contribution >= 0.6 is 0 Å². The molecule has 2 heteroatoms. The monoisotopic (exact) mass is 164 g/mol. The summed E-state index contributed by atoms with van der Waals surface area (Å²) in [5.41, 5.74) is 1.27. The molecule has 12 heavy (non-hydrogen) atoms. The fraction of sp³-hybridized carbons (Fsp3) is 0.800. The summed E-state index contributed by atoms with van der Waals surface area (Å²) >= 11 is 0. The van der Waals surface area contributed by atoms with Gasteiger partial charge in [0.05, 0.1) is 11.8 Å². The van der Waals surface area contributed by atoms with Gasteiger partial charge in [0.2, 0.25) is 0 Å². The van der Waals surface area contributed by atoms with Gasteiger partial charge in [-0.25, -0.2) is 0 Å². The predicted molar refractivity (Wildman–Crippen MR) is 52.2 cm³/mol. The molecule has 2 aliphatic rings. The topological polar surface area (TPSA) is 24.7 Å². The summed E-state index contributed by atoms with van der Waals surface area (Å²) in [5, 5.41) is 0. The fourth-order valence-corrected chi connectivity index (χ4v) is 2.05. The van der Waals surface area contributed by atoms with Crippen LogP contribution in [-0.4, -0.2) is 24.5 Å². The molecule has 0 bridgehead atoms. The SMILES string of the molecule is CCC1CC2CCCN=C2C=N1. The van der Waals surface area contributed by atoms with Crippen LogP contribution in [0.2, 0.25) is 0 Å². The molecule has 2 unspecified atom stereocenters. The Labute approximate surface area is 73.8 Å². The van der Waals surface area contributed by atoms with E-state index < -0.39 is 0 Å². The van der Waals surface area contributed by atoms with E-state index >= 15 is 0 Å². The van der Waals surface area contributed by atoms with Crippen molar-refractivity contribution in [1.29, 1.82) is 0 Å². The van der Waals surface area contributed by atoms with Gasteiger partial charge in [-0.1, -0.05) is 6.92 Å². The standard InChI is InChI=1S/C10H16N2/c1-2-9-6-8-4-3-5-11-10(8)7-12-9/h7-9H,2-6H2,1H3. The number of fused-ring (bicyclic) bond motifs is 1. The van der Waals surface area contributed by atoms with Crippen molar-refractivity contribution in [1.82, 2.24) is 0 Å². The molecule has 0 N–H and O–H groups in total. The van der Waals surface area contributed by atoms with E-state index in [9.17, 15) is 0 Å². The fourth-order valence-electron chi connectivity index (χ4n) is 2.05. The average molecular weight is 164 g/mol. The zero-order valence-electron chi connectivity index (χ0n) is 7.66. The molecular weight excluding hydrogens is 148 g/mol. The van der Waals surface area contributed by atoms with Crippen molar-refractivity contribution in [2.45, 2.75) is 38.6 Å². The minimum Gasteiger partial charge on any atom is -0.288 e. The molecule has 0 saturated heterocycles. The summed E-state index contributed by atoms with van der Waals surface area (Å²) in [4.78, 5) is 8.96. The van der Waals surface area contributed by atoms with Crippen molar-refractivity contribution in [3.05, 3.63) is 0 Å². The Morgan fingerprint density at radius 3 is 3.33 bits per heavy atom. The molecular formula is C10H16N2. The van der Waals surface area contributed by atoms with Gasteiger partial charge in [0.15, 0.2) is 0 Å². The zero-order chi connectivity index (χ0) is 8.39. The summed E-state index contributed by atoms with van der Waals surface area (Å²) in [7, 11) is 0. The van der Waals surface area contributed by atoms with Gasteiger partial charge in [-0.05, 0) is 25.7 Å². The third-order valence-electron chi connectivity index (χ3n) is 2.87. The highest BCUT2D eigenvalue weighted by Crippen LogP contribution is 2.24. The average Bonchev–Trinajstić information content (AvgIpc) is 2.17. The lowest BCUT2D eigenvalue weighted by molar-refractivity contribution is 0.463. The number of rotatable bonds is 1. The molecule has 2 rings (SSSR count). The molecule has 0 aromatic rings. The van der Waals surface area contributed by atoms with E-state index in [2.05, 4.69) is 16.9 Å². The van der Waals surface area contributed by atoms with Crippen LogP contribution in [0.3, 0.4) is 0 Å². The summed E-state index contributed by atoms with van der Waals surface area (Å²) in [6.45, 7) is 3.24. The van der Waals surface area contributed by atoms with Crippen molar-refractivity contribution in [2.75, 3.05) is 6.54 Å². The largest absolute Gasteiger partial charge is 0.288 e. The van der Waals surface area contributed by atoms with Gasteiger partial charge >= 0.3 is 0 Å². The van der Waals surface area contributed by atoms with Crippen LogP contribution in [0.1, 0.15) is 32.6 Å². The van der Waals surface area contributed by atoms with E-state index in [0.717, 1.165) is 12.5 Å². The first-order valence-electron chi connectivity index (χ1n) is 4.97. The van der Waals surface area contributed by atoms with Gasteiger partial charge in [0, 0.05) is 18.7 Å². The highest BCUT2D eigenvalue weighted by Gasteiger charge is 2.24. The lowest BCUT2D eigenvalue weighted by atomic mass is 9.86. The van der Waals surface area contributed by atoms with E-state index in [1.807, 2.05) is 6.21 Å². The van der Waals surface area contributed by atoms with Crippen LogP contribution in [0.25, 0.3) is 0 Å². The van der Waals surface area contributed by atoms with E-state index in [0.29, 0.717) is 6.04 Å². The summed E-state index contributed by atoms with van der Waals surface area (Å²) in [6, 6.07) is 0.576. The maximum absolute atomic E-state index is 4.49. The number of hydrogen-bond acceptors (Lipinski definition) is 2. The van der Waals surface area contributed by atoms with Crippen LogP contribution in [-0.2, 0) is 0 Å². The Balaban J connectivity index is 2.13. The molecule has 2 nitrogen and oxygen atoms in total. The van der Waals surface area contributed by atoms with E-state index in [4.69, 9.17) is 0 Å². The second kappa shape index (κ2) is 3.38. The molecule has 0 fully saturated rings. The van der Waals surface area contributed by atoms with Crippen molar-refractivity contribution >= 4 is 11.9 Å². The van der Waals surface area contributed by atoms with Crippen molar-refractivity contribution < 1.29 is 0 Å². The molecule has 2 atom stereocenters. The van der Waals surface area contributed by atoms with Crippen LogP contribution in [0.15, 0.2) is 9.98 Å². The van der Waals surface area contributed by atoms with Crippen LogP contribution in [0, 0.1) is 5.92 Å². The summed E-state index contributed by atoms with van der Waals surface area (Å²) < 4.78 is 0. The van der Waals surface area contributed by atoms with Gasteiger partial charge in [-0.3, -0.25) is 9.98 Å². The van der Waals surface area contributed by atoms with Crippen LogP contribution in [0.4, 0.5) is 0 Å². The Bertz CT molecular complexity index is 218. The second-order valence-electron chi connectivity index (χ2n) is 3.72. The summed E-state index contributed by atoms with van der Waals surface area (Å²) in [5.74, 6) is 0.737. The third-order valence-corrected chi connectivity index (χ3v) is 2.87. The molecule has 0 aliphatic carbocycles. The minimum atomic E-state index is 0.576.